The van der Waals surface area contributed by atoms with Gasteiger partial charge in [-0.1, -0.05) is 6.08 Å². The number of rotatable bonds is 5. The van der Waals surface area contributed by atoms with E-state index in [0.29, 0.717) is 5.69 Å². The number of benzene rings is 1. The van der Waals surface area contributed by atoms with E-state index >= 15 is 0 Å². The first kappa shape index (κ1) is 15.1. The quantitative estimate of drug-likeness (QED) is 0.561. The Morgan fingerprint density at radius 1 is 1.43 bits per heavy atom. The molecule has 0 unspecified atom stereocenters. The summed E-state index contributed by atoms with van der Waals surface area (Å²) in [6.07, 6.45) is 2.37. The van der Waals surface area contributed by atoms with Gasteiger partial charge in [0.25, 0.3) is 0 Å². The summed E-state index contributed by atoms with van der Waals surface area (Å²) in [5.41, 5.74) is 0.906. The molecule has 6 heteroatoms. The minimum absolute atomic E-state index is 0.199. The molecule has 3 N–H and O–H groups in total. The van der Waals surface area contributed by atoms with Gasteiger partial charge in [0.2, 0.25) is 0 Å². The molecule has 0 aliphatic carbocycles. The van der Waals surface area contributed by atoms with Crippen LogP contribution in [0.4, 0.5) is 5.69 Å². The van der Waals surface area contributed by atoms with E-state index in [9.17, 15) is 14.7 Å². The number of cyclic esters (lactones) is 1. The van der Waals surface area contributed by atoms with Gasteiger partial charge in [0.05, 0.1) is 24.1 Å². The fourth-order valence-corrected chi connectivity index (χ4v) is 2.08. The maximum Gasteiger partial charge on any atom is 0.335 e. The predicted octanol–water partition coefficient (Wildman–Crippen LogP) is 1.42. The van der Waals surface area contributed by atoms with Crippen LogP contribution in [0, 0.1) is 0 Å². The number of aliphatic hydroxyl groups excluding tert-OH is 1. The van der Waals surface area contributed by atoms with Crippen LogP contribution in [0.5, 0.6) is 0 Å². The molecule has 0 radical (unpaired) electrons. The summed E-state index contributed by atoms with van der Waals surface area (Å²) in [5.74, 6) is -1.30. The van der Waals surface area contributed by atoms with Crippen molar-refractivity contribution >= 4 is 17.6 Å². The summed E-state index contributed by atoms with van der Waals surface area (Å²) >= 11 is 0. The van der Waals surface area contributed by atoms with Crippen LogP contribution in [-0.4, -0.2) is 40.4 Å². The van der Waals surface area contributed by atoms with E-state index in [-0.39, 0.29) is 24.0 Å². The third kappa shape index (κ3) is 4.06. The van der Waals surface area contributed by atoms with Gasteiger partial charge in [-0.05, 0) is 37.3 Å². The highest BCUT2D eigenvalue weighted by atomic mass is 16.6. The number of aliphatic hydroxyl groups is 1. The van der Waals surface area contributed by atoms with Gasteiger partial charge in [-0.15, -0.1) is 0 Å². The van der Waals surface area contributed by atoms with Crippen molar-refractivity contribution in [2.45, 2.75) is 31.6 Å². The molecule has 0 aromatic heterocycles. The smallest absolute Gasteiger partial charge is 0.335 e. The average Bonchev–Trinajstić information content (AvgIpc) is 2.77. The lowest BCUT2D eigenvalue weighted by Crippen LogP contribution is -2.27. The normalized spacial score (nSPS) is 23.0. The molecular formula is C15H17NO5. The summed E-state index contributed by atoms with van der Waals surface area (Å²) in [7, 11) is 0. The van der Waals surface area contributed by atoms with Crippen molar-refractivity contribution in [3.8, 4) is 0 Å². The number of carboxylic acid groups (broad SMARTS) is 1. The van der Waals surface area contributed by atoms with E-state index in [0.717, 1.165) is 0 Å². The topological polar surface area (TPSA) is 95.9 Å². The molecule has 0 bridgehead atoms. The minimum atomic E-state index is -0.987. The van der Waals surface area contributed by atoms with Gasteiger partial charge in [0.15, 0.2) is 0 Å². The molecule has 112 valence electrons. The van der Waals surface area contributed by atoms with Crippen molar-refractivity contribution in [2.24, 2.45) is 0 Å². The lowest BCUT2D eigenvalue weighted by molar-refractivity contribution is -0.140. The highest BCUT2D eigenvalue weighted by molar-refractivity contribution is 5.88. The van der Waals surface area contributed by atoms with Gasteiger partial charge in [-0.25, -0.2) is 4.79 Å². The number of nitrogens with one attached hydrogen (secondary N) is 1. The minimum Gasteiger partial charge on any atom is -0.478 e. The second-order valence-electron chi connectivity index (χ2n) is 4.92. The summed E-state index contributed by atoms with van der Waals surface area (Å²) < 4.78 is 5.17. The predicted molar refractivity (Wildman–Crippen MR) is 76.1 cm³/mol. The van der Waals surface area contributed by atoms with E-state index in [1.54, 1.807) is 31.2 Å². The van der Waals surface area contributed by atoms with Gasteiger partial charge in [0.1, 0.15) is 6.10 Å². The standard InChI is InChI=1S/C15H17NO5/c1-9(17)2-7-13-12(8-14(18)21-13)16-11-5-3-10(4-6-11)15(19)20/h2-7,9,12-13,16-17H,8H2,1H3,(H,19,20)/t9-,12-,13+/m0/s1. The van der Waals surface area contributed by atoms with Crippen LogP contribution in [0.15, 0.2) is 36.4 Å². The molecule has 6 nitrogen and oxygen atoms in total. The molecule has 0 amide bonds. The fraction of sp³-hybridized carbons (Fsp3) is 0.333. The Hall–Kier alpha value is -2.34. The maximum atomic E-state index is 11.4. The average molecular weight is 291 g/mol. The monoisotopic (exact) mass is 291 g/mol. The van der Waals surface area contributed by atoms with Crippen LogP contribution in [-0.2, 0) is 9.53 Å². The summed E-state index contributed by atoms with van der Waals surface area (Å²) in [6, 6.07) is 6.01. The van der Waals surface area contributed by atoms with Crippen molar-refractivity contribution < 1.29 is 24.5 Å². The fourth-order valence-electron chi connectivity index (χ4n) is 2.08. The van der Waals surface area contributed by atoms with E-state index in [2.05, 4.69) is 5.32 Å². The summed E-state index contributed by atoms with van der Waals surface area (Å²) in [4.78, 5) is 22.2. The van der Waals surface area contributed by atoms with Gasteiger partial charge in [-0.2, -0.15) is 0 Å². The van der Waals surface area contributed by atoms with Gasteiger partial charge in [-0.3, -0.25) is 4.79 Å². The van der Waals surface area contributed by atoms with Crippen molar-refractivity contribution in [3.63, 3.8) is 0 Å². The molecule has 1 aliphatic rings. The summed E-state index contributed by atoms with van der Waals surface area (Å²) in [6.45, 7) is 1.61. The number of hydrogen-bond acceptors (Lipinski definition) is 5. The van der Waals surface area contributed by atoms with Gasteiger partial charge in [0, 0.05) is 5.69 Å². The number of aromatic carboxylic acids is 1. The van der Waals surface area contributed by atoms with Crippen molar-refractivity contribution in [1.82, 2.24) is 0 Å². The molecular weight excluding hydrogens is 274 g/mol. The molecule has 21 heavy (non-hydrogen) atoms. The number of hydrogen-bond donors (Lipinski definition) is 3. The van der Waals surface area contributed by atoms with Crippen molar-refractivity contribution in [3.05, 3.63) is 42.0 Å². The number of carbonyl (C=O) groups excluding carboxylic acids is 1. The molecule has 1 aromatic carbocycles. The first-order chi connectivity index (χ1) is 9.95. The number of carbonyl (C=O) groups is 2. The van der Waals surface area contributed by atoms with Crippen molar-refractivity contribution in [2.75, 3.05) is 5.32 Å². The van der Waals surface area contributed by atoms with Gasteiger partial charge >= 0.3 is 11.9 Å². The zero-order chi connectivity index (χ0) is 15.4. The Kier molecular flexibility index (Phi) is 4.59. The molecule has 2 rings (SSSR count). The van der Waals surface area contributed by atoms with Crippen LogP contribution in [0.3, 0.4) is 0 Å². The van der Waals surface area contributed by atoms with E-state index in [4.69, 9.17) is 9.84 Å². The highest BCUT2D eigenvalue weighted by Gasteiger charge is 2.33. The Labute approximate surface area is 122 Å². The highest BCUT2D eigenvalue weighted by Crippen LogP contribution is 2.21. The zero-order valence-electron chi connectivity index (χ0n) is 11.5. The molecule has 3 atom stereocenters. The zero-order valence-corrected chi connectivity index (χ0v) is 11.5. The third-order valence-corrected chi connectivity index (χ3v) is 3.11. The number of esters is 1. The Morgan fingerprint density at radius 2 is 2.10 bits per heavy atom. The number of ether oxygens (including phenoxy) is 1. The third-order valence-electron chi connectivity index (χ3n) is 3.11. The second-order valence-corrected chi connectivity index (χ2v) is 4.92. The molecule has 1 saturated heterocycles. The Bertz CT molecular complexity index is 550. The Balaban J connectivity index is 2.05. The van der Waals surface area contributed by atoms with E-state index in [1.807, 2.05) is 0 Å². The van der Waals surface area contributed by atoms with Crippen LogP contribution in [0.25, 0.3) is 0 Å². The van der Waals surface area contributed by atoms with Gasteiger partial charge < -0.3 is 20.3 Å². The van der Waals surface area contributed by atoms with Crippen molar-refractivity contribution in [1.29, 1.82) is 0 Å². The van der Waals surface area contributed by atoms with Crippen LogP contribution >= 0.6 is 0 Å². The first-order valence-electron chi connectivity index (χ1n) is 6.61. The van der Waals surface area contributed by atoms with Crippen LogP contribution in [0.2, 0.25) is 0 Å². The molecule has 1 heterocycles. The number of anilines is 1. The molecule has 1 aliphatic heterocycles. The van der Waals surface area contributed by atoms with Crippen LogP contribution in [0.1, 0.15) is 23.7 Å². The Morgan fingerprint density at radius 3 is 2.67 bits per heavy atom. The lowest BCUT2D eigenvalue weighted by Gasteiger charge is -2.17. The SMILES string of the molecule is C[C@H](O)C=C[C@H]1OC(=O)C[C@@H]1Nc1ccc(C(=O)O)cc1. The second kappa shape index (κ2) is 6.41. The molecule has 0 saturated carbocycles. The molecule has 1 fully saturated rings. The lowest BCUT2D eigenvalue weighted by atomic mass is 10.1. The van der Waals surface area contributed by atoms with E-state index in [1.165, 1.54) is 12.1 Å². The number of carboxylic acids is 1. The molecule has 1 aromatic rings. The first-order valence-corrected chi connectivity index (χ1v) is 6.61. The molecule has 0 spiro atoms. The van der Waals surface area contributed by atoms with E-state index < -0.39 is 18.2 Å². The summed E-state index contributed by atoms with van der Waals surface area (Å²) in [5, 5.41) is 21.2. The van der Waals surface area contributed by atoms with Crippen LogP contribution < -0.4 is 5.32 Å². The largest absolute Gasteiger partial charge is 0.478 e. The maximum absolute atomic E-state index is 11.4.